The van der Waals surface area contributed by atoms with E-state index in [4.69, 9.17) is 15.4 Å². The first-order valence-corrected chi connectivity index (χ1v) is 7.82. The lowest BCUT2D eigenvalue weighted by atomic mass is 10.0. The van der Waals surface area contributed by atoms with E-state index < -0.39 is 0 Å². The molecular formula is C20H14N4O. The van der Waals surface area contributed by atoms with Crippen molar-refractivity contribution in [3.8, 4) is 28.7 Å². The molecule has 2 aromatic carbocycles. The number of nitriles is 1. The summed E-state index contributed by atoms with van der Waals surface area (Å²) in [5.74, 6) is 0.810. The predicted molar refractivity (Wildman–Crippen MR) is 96.4 cm³/mol. The summed E-state index contributed by atoms with van der Waals surface area (Å²) in [7, 11) is 0. The number of benzene rings is 2. The van der Waals surface area contributed by atoms with E-state index in [9.17, 15) is 0 Å². The number of para-hydroxylation sites is 2. The molecule has 2 heterocycles. The van der Waals surface area contributed by atoms with Crippen molar-refractivity contribution in [3.63, 3.8) is 0 Å². The number of fused-ring (bicyclic) bond motifs is 1. The van der Waals surface area contributed by atoms with Gasteiger partial charge < -0.3 is 10.2 Å². The maximum Gasteiger partial charge on any atom is 0.231 e. The zero-order chi connectivity index (χ0) is 17.2. The molecule has 0 unspecified atom stereocenters. The number of oxazole rings is 1. The van der Waals surface area contributed by atoms with Crippen molar-refractivity contribution >= 4 is 16.9 Å². The summed E-state index contributed by atoms with van der Waals surface area (Å²) >= 11 is 0. The highest BCUT2D eigenvalue weighted by Gasteiger charge is 2.13. The highest BCUT2D eigenvalue weighted by Crippen LogP contribution is 2.31. The van der Waals surface area contributed by atoms with E-state index >= 15 is 0 Å². The minimum Gasteiger partial charge on any atom is -0.436 e. The Morgan fingerprint density at radius 1 is 1.04 bits per heavy atom. The van der Waals surface area contributed by atoms with E-state index in [1.807, 2.05) is 54.6 Å². The van der Waals surface area contributed by atoms with Crippen molar-refractivity contribution in [2.75, 3.05) is 5.73 Å². The second-order valence-corrected chi connectivity index (χ2v) is 5.68. The van der Waals surface area contributed by atoms with E-state index in [-0.39, 0.29) is 0 Å². The van der Waals surface area contributed by atoms with Crippen molar-refractivity contribution in [2.45, 2.75) is 6.42 Å². The van der Waals surface area contributed by atoms with E-state index in [2.05, 4.69) is 16.0 Å². The van der Waals surface area contributed by atoms with Gasteiger partial charge in [-0.05, 0) is 29.3 Å². The van der Waals surface area contributed by atoms with Crippen LogP contribution in [0.15, 0.2) is 65.2 Å². The number of aromatic nitrogens is 2. The Hall–Kier alpha value is -3.65. The van der Waals surface area contributed by atoms with Gasteiger partial charge in [-0.1, -0.05) is 36.4 Å². The number of hydrogen-bond acceptors (Lipinski definition) is 5. The molecule has 4 rings (SSSR count). The van der Waals surface area contributed by atoms with Gasteiger partial charge in [0, 0.05) is 11.8 Å². The van der Waals surface area contributed by atoms with Crippen LogP contribution in [0.2, 0.25) is 0 Å². The summed E-state index contributed by atoms with van der Waals surface area (Å²) in [6.07, 6.45) is 2.08. The van der Waals surface area contributed by atoms with Gasteiger partial charge in [-0.25, -0.2) is 9.97 Å². The van der Waals surface area contributed by atoms with Crippen LogP contribution in [0.1, 0.15) is 5.56 Å². The first-order valence-electron chi connectivity index (χ1n) is 7.82. The van der Waals surface area contributed by atoms with Crippen LogP contribution in [0.5, 0.6) is 0 Å². The molecule has 5 nitrogen and oxygen atoms in total. The monoisotopic (exact) mass is 326 g/mol. The number of nitrogen functional groups attached to an aromatic ring is 1. The summed E-state index contributed by atoms with van der Waals surface area (Å²) in [5, 5.41) is 8.88. The van der Waals surface area contributed by atoms with E-state index in [0.29, 0.717) is 29.3 Å². The first-order chi connectivity index (χ1) is 12.2. The molecule has 0 bridgehead atoms. The molecule has 5 heteroatoms. The molecule has 0 spiro atoms. The Balaban J connectivity index is 1.81. The van der Waals surface area contributed by atoms with Crippen LogP contribution in [0, 0.1) is 11.3 Å². The molecular weight excluding hydrogens is 312 g/mol. The van der Waals surface area contributed by atoms with Crippen molar-refractivity contribution in [2.24, 2.45) is 0 Å². The Morgan fingerprint density at radius 3 is 2.76 bits per heavy atom. The molecule has 0 saturated carbocycles. The second kappa shape index (κ2) is 6.10. The number of rotatable bonds is 3. The van der Waals surface area contributed by atoms with E-state index in [1.165, 1.54) is 0 Å². The maximum absolute atomic E-state index is 8.88. The molecule has 0 aliphatic rings. The zero-order valence-corrected chi connectivity index (χ0v) is 13.3. The van der Waals surface area contributed by atoms with Gasteiger partial charge in [-0.2, -0.15) is 5.26 Å². The van der Waals surface area contributed by atoms with Gasteiger partial charge in [0.2, 0.25) is 5.89 Å². The van der Waals surface area contributed by atoms with Crippen molar-refractivity contribution in [1.82, 2.24) is 9.97 Å². The maximum atomic E-state index is 8.88. The lowest BCUT2D eigenvalue weighted by molar-refractivity contribution is 0.620. The van der Waals surface area contributed by atoms with Crippen LogP contribution in [-0.2, 0) is 6.42 Å². The average Bonchev–Trinajstić information content (AvgIpc) is 3.06. The van der Waals surface area contributed by atoms with Crippen LogP contribution < -0.4 is 5.73 Å². The lowest BCUT2D eigenvalue weighted by Crippen LogP contribution is -1.95. The Bertz CT molecular complexity index is 1080. The molecule has 0 fully saturated rings. The number of pyridine rings is 1. The summed E-state index contributed by atoms with van der Waals surface area (Å²) in [5.41, 5.74) is 11.0. The van der Waals surface area contributed by atoms with Gasteiger partial charge in [-0.15, -0.1) is 0 Å². The quantitative estimate of drug-likeness (QED) is 0.609. The highest BCUT2D eigenvalue weighted by molar-refractivity contribution is 5.80. The minimum atomic E-state index is 0.364. The summed E-state index contributed by atoms with van der Waals surface area (Å²) in [4.78, 5) is 8.79. The van der Waals surface area contributed by atoms with Gasteiger partial charge >= 0.3 is 0 Å². The van der Waals surface area contributed by atoms with E-state index in [0.717, 1.165) is 22.2 Å². The number of nitrogens with two attached hydrogens (primary N) is 1. The van der Waals surface area contributed by atoms with Gasteiger partial charge in [-0.3, -0.25) is 0 Å². The number of nitrogens with zero attached hydrogens (tertiary/aromatic N) is 3. The Morgan fingerprint density at radius 2 is 1.92 bits per heavy atom. The minimum absolute atomic E-state index is 0.364. The molecule has 0 saturated heterocycles. The van der Waals surface area contributed by atoms with Crippen LogP contribution >= 0.6 is 0 Å². The molecule has 0 radical (unpaired) electrons. The highest BCUT2D eigenvalue weighted by atomic mass is 16.3. The number of anilines is 1. The molecule has 4 aromatic rings. The van der Waals surface area contributed by atoms with Crippen molar-refractivity contribution < 1.29 is 4.42 Å². The molecule has 120 valence electrons. The van der Waals surface area contributed by atoms with Crippen LogP contribution in [0.25, 0.3) is 33.7 Å². The van der Waals surface area contributed by atoms with Crippen LogP contribution in [0.4, 0.5) is 5.82 Å². The second-order valence-electron chi connectivity index (χ2n) is 5.68. The molecule has 25 heavy (non-hydrogen) atoms. The summed E-state index contributed by atoms with van der Waals surface area (Å²) in [6, 6.07) is 19.5. The van der Waals surface area contributed by atoms with Gasteiger partial charge in [0.25, 0.3) is 0 Å². The van der Waals surface area contributed by atoms with Crippen LogP contribution in [0.3, 0.4) is 0 Å². The third kappa shape index (κ3) is 2.81. The normalized spacial score (nSPS) is 10.7. The van der Waals surface area contributed by atoms with E-state index in [1.54, 1.807) is 6.20 Å². The van der Waals surface area contributed by atoms with Gasteiger partial charge in [0.05, 0.1) is 18.1 Å². The predicted octanol–water partition coefficient (Wildman–Crippen LogP) is 4.21. The fourth-order valence-corrected chi connectivity index (χ4v) is 2.74. The largest absolute Gasteiger partial charge is 0.436 e. The molecule has 2 aromatic heterocycles. The fraction of sp³-hybridized carbons (Fsp3) is 0.0500. The zero-order valence-electron chi connectivity index (χ0n) is 13.3. The Kier molecular flexibility index (Phi) is 3.64. The molecule has 0 aliphatic carbocycles. The topological polar surface area (TPSA) is 88.7 Å². The number of hydrogen-bond donors (Lipinski definition) is 1. The van der Waals surface area contributed by atoms with Gasteiger partial charge in [0.1, 0.15) is 11.3 Å². The lowest BCUT2D eigenvalue weighted by Gasteiger charge is -2.06. The molecule has 0 atom stereocenters. The molecule has 0 amide bonds. The summed E-state index contributed by atoms with van der Waals surface area (Å²) < 4.78 is 5.81. The molecule has 0 aliphatic heterocycles. The van der Waals surface area contributed by atoms with Crippen molar-refractivity contribution in [1.29, 1.82) is 5.26 Å². The van der Waals surface area contributed by atoms with Gasteiger partial charge in [0.15, 0.2) is 5.58 Å². The third-order valence-electron chi connectivity index (χ3n) is 3.99. The average molecular weight is 326 g/mol. The third-order valence-corrected chi connectivity index (χ3v) is 3.99. The fourth-order valence-electron chi connectivity index (χ4n) is 2.74. The standard InChI is InChI=1S/C20H14N4O/c21-9-8-13-4-3-5-14(10-13)15-11-16(19(22)23-12-15)20-24-17-6-1-2-7-18(17)25-20/h1-7,10-12H,8H2,(H2,22,23). The Labute approximate surface area is 144 Å². The van der Waals surface area contributed by atoms with Crippen molar-refractivity contribution in [3.05, 3.63) is 66.4 Å². The summed E-state index contributed by atoms with van der Waals surface area (Å²) in [6.45, 7) is 0. The molecule has 2 N–H and O–H groups in total. The SMILES string of the molecule is N#CCc1cccc(-c2cnc(N)c(-c3nc4ccccc4o3)c2)c1. The van der Waals surface area contributed by atoms with Crippen LogP contribution in [-0.4, -0.2) is 9.97 Å². The first kappa shape index (κ1) is 14.9. The smallest absolute Gasteiger partial charge is 0.231 e.